The van der Waals surface area contributed by atoms with Crippen molar-refractivity contribution in [3.05, 3.63) is 36.4 Å². The molecule has 0 spiro atoms. The Morgan fingerprint density at radius 1 is 1.38 bits per heavy atom. The molecule has 13 heavy (non-hydrogen) atoms. The number of carboxylic acids is 1. The molecule has 0 aliphatic carbocycles. The van der Waals surface area contributed by atoms with Gasteiger partial charge in [-0.25, -0.2) is 0 Å². The fraction of sp³-hybridized carbons (Fsp3) is 0.111. The summed E-state index contributed by atoms with van der Waals surface area (Å²) in [6, 6.07) is 0. The molecule has 0 heterocycles. The minimum Gasteiger partial charge on any atom is -0.481 e. The molecule has 0 aromatic heterocycles. The summed E-state index contributed by atoms with van der Waals surface area (Å²) in [6.45, 7) is 6.51. The largest absolute Gasteiger partial charge is 0.481 e. The van der Waals surface area contributed by atoms with Gasteiger partial charge in [-0.1, -0.05) is 24.3 Å². The maximum Gasteiger partial charge on any atom is 0.314 e. The van der Waals surface area contributed by atoms with Crippen LogP contribution in [0.4, 0.5) is 0 Å². The van der Waals surface area contributed by atoms with Gasteiger partial charge in [-0.05, 0) is 12.2 Å². The van der Waals surface area contributed by atoms with Gasteiger partial charge in [0.05, 0.1) is 11.0 Å². The van der Waals surface area contributed by atoms with Gasteiger partial charge in [0.15, 0.2) is 5.78 Å². The van der Waals surface area contributed by atoms with Crippen LogP contribution >= 0.6 is 11.6 Å². The SMILES string of the molecule is C=CC(=O)C(Cl)=CC(C=C)C(=O)O. The Hall–Kier alpha value is -1.35. The van der Waals surface area contributed by atoms with Crippen molar-refractivity contribution in [2.75, 3.05) is 0 Å². The molecule has 0 fully saturated rings. The molecule has 0 saturated carbocycles. The summed E-state index contributed by atoms with van der Waals surface area (Å²) >= 11 is 5.48. The molecule has 1 N–H and O–H groups in total. The van der Waals surface area contributed by atoms with Gasteiger partial charge in [0, 0.05) is 0 Å². The fourth-order valence-corrected chi connectivity index (χ4v) is 0.790. The van der Waals surface area contributed by atoms with Crippen LogP contribution in [0.3, 0.4) is 0 Å². The second-order valence-electron chi connectivity index (χ2n) is 2.18. The lowest BCUT2D eigenvalue weighted by molar-refractivity contribution is -0.138. The molecule has 0 amide bonds. The molecule has 0 saturated heterocycles. The van der Waals surface area contributed by atoms with Gasteiger partial charge in [0.1, 0.15) is 0 Å². The number of aliphatic carboxylic acids is 1. The number of carbonyl (C=O) groups is 2. The lowest BCUT2D eigenvalue weighted by atomic mass is 10.1. The van der Waals surface area contributed by atoms with Crippen LogP contribution in [0.15, 0.2) is 36.4 Å². The van der Waals surface area contributed by atoms with Gasteiger partial charge in [0.25, 0.3) is 0 Å². The van der Waals surface area contributed by atoms with Crippen LogP contribution in [-0.4, -0.2) is 16.9 Å². The third-order valence-electron chi connectivity index (χ3n) is 1.29. The van der Waals surface area contributed by atoms with Gasteiger partial charge >= 0.3 is 5.97 Å². The Morgan fingerprint density at radius 2 is 1.92 bits per heavy atom. The van der Waals surface area contributed by atoms with Gasteiger partial charge in [-0.3, -0.25) is 9.59 Å². The first-order valence-electron chi connectivity index (χ1n) is 3.42. The van der Waals surface area contributed by atoms with E-state index in [0.717, 1.165) is 12.2 Å². The van der Waals surface area contributed by atoms with Crippen LogP contribution in [0, 0.1) is 5.92 Å². The summed E-state index contributed by atoms with van der Waals surface area (Å²) < 4.78 is 0. The van der Waals surface area contributed by atoms with Crippen molar-refractivity contribution < 1.29 is 14.7 Å². The lowest BCUT2D eigenvalue weighted by Gasteiger charge is -1.99. The summed E-state index contributed by atoms with van der Waals surface area (Å²) in [4.78, 5) is 21.3. The molecule has 1 unspecified atom stereocenters. The maximum absolute atomic E-state index is 10.8. The molecule has 0 rings (SSSR count). The number of ketones is 1. The van der Waals surface area contributed by atoms with E-state index in [1.54, 1.807) is 0 Å². The molecule has 0 aliphatic rings. The summed E-state index contributed by atoms with van der Waals surface area (Å²) in [5, 5.41) is 8.40. The van der Waals surface area contributed by atoms with E-state index in [9.17, 15) is 9.59 Å². The quantitative estimate of drug-likeness (QED) is 0.544. The molecular formula is C9H9ClO3. The third kappa shape index (κ3) is 3.71. The predicted molar refractivity (Wildman–Crippen MR) is 50.5 cm³/mol. The molecule has 0 aromatic carbocycles. The number of hydrogen-bond acceptors (Lipinski definition) is 2. The van der Waals surface area contributed by atoms with E-state index in [1.165, 1.54) is 6.08 Å². The van der Waals surface area contributed by atoms with Gasteiger partial charge in [-0.15, -0.1) is 6.58 Å². The van der Waals surface area contributed by atoms with E-state index < -0.39 is 17.7 Å². The van der Waals surface area contributed by atoms with Crippen LogP contribution < -0.4 is 0 Å². The van der Waals surface area contributed by atoms with Crippen molar-refractivity contribution in [2.24, 2.45) is 5.92 Å². The van der Waals surface area contributed by atoms with Crippen LogP contribution in [-0.2, 0) is 9.59 Å². The zero-order chi connectivity index (χ0) is 10.4. The highest BCUT2D eigenvalue weighted by Crippen LogP contribution is 2.10. The molecule has 0 bridgehead atoms. The van der Waals surface area contributed by atoms with Crippen molar-refractivity contribution in [2.45, 2.75) is 0 Å². The Bertz CT molecular complexity index is 279. The summed E-state index contributed by atoms with van der Waals surface area (Å²) in [7, 11) is 0. The van der Waals surface area contributed by atoms with E-state index in [1.807, 2.05) is 0 Å². The summed E-state index contributed by atoms with van der Waals surface area (Å²) in [5.74, 6) is -2.56. The highest BCUT2D eigenvalue weighted by molar-refractivity contribution is 6.44. The van der Waals surface area contributed by atoms with E-state index >= 15 is 0 Å². The Kier molecular flexibility index (Phi) is 4.77. The average Bonchev–Trinajstić information content (AvgIpc) is 2.11. The minimum absolute atomic E-state index is 0.165. The second kappa shape index (κ2) is 5.32. The van der Waals surface area contributed by atoms with Crippen molar-refractivity contribution in [3.8, 4) is 0 Å². The number of halogens is 1. The molecule has 4 heteroatoms. The monoisotopic (exact) mass is 200 g/mol. The smallest absolute Gasteiger partial charge is 0.314 e. The Balaban J connectivity index is 4.69. The minimum atomic E-state index is -1.11. The molecule has 0 radical (unpaired) electrons. The summed E-state index contributed by atoms with van der Waals surface area (Å²) in [5.41, 5.74) is 0. The van der Waals surface area contributed by atoms with Crippen LogP contribution in [0.1, 0.15) is 0 Å². The van der Waals surface area contributed by atoms with Crippen LogP contribution in [0.5, 0.6) is 0 Å². The van der Waals surface area contributed by atoms with E-state index in [-0.39, 0.29) is 5.03 Å². The first kappa shape index (κ1) is 11.6. The first-order valence-corrected chi connectivity index (χ1v) is 3.80. The molecule has 0 aliphatic heterocycles. The number of rotatable bonds is 5. The molecular weight excluding hydrogens is 192 g/mol. The van der Waals surface area contributed by atoms with Crippen molar-refractivity contribution in [1.82, 2.24) is 0 Å². The molecule has 3 nitrogen and oxygen atoms in total. The lowest BCUT2D eigenvalue weighted by Crippen LogP contribution is -2.09. The number of hydrogen-bond donors (Lipinski definition) is 1. The number of carboxylic acid groups (broad SMARTS) is 1. The number of allylic oxidation sites excluding steroid dienone is 2. The Morgan fingerprint density at radius 3 is 2.23 bits per heavy atom. The molecule has 1 atom stereocenters. The average molecular weight is 201 g/mol. The predicted octanol–water partition coefficient (Wildman–Crippen LogP) is 1.75. The highest BCUT2D eigenvalue weighted by Gasteiger charge is 2.12. The van der Waals surface area contributed by atoms with Crippen molar-refractivity contribution in [1.29, 1.82) is 0 Å². The Labute approximate surface area is 81.0 Å². The zero-order valence-electron chi connectivity index (χ0n) is 6.87. The molecule has 70 valence electrons. The second-order valence-corrected chi connectivity index (χ2v) is 2.59. The fourth-order valence-electron chi connectivity index (χ4n) is 0.577. The van der Waals surface area contributed by atoms with E-state index in [2.05, 4.69) is 13.2 Å². The standard InChI is InChI=1S/C9H9ClO3/c1-3-6(9(12)13)5-7(10)8(11)4-2/h3-6H,1-2H2,(H,12,13). The van der Waals surface area contributed by atoms with Crippen molar-refractivity contribution >= 4 is 23.4 Å². The highest BCUT2D eigenvalue weighted by atomic mass is 35.5. The molecule has 0 aromatic rings. The third-order valence-corrected chi connectivity index (χ3v) is 1.60. The number of carbonyl (C=O) groups excluding carboxylic acids is 1. The van der Waals surface area contributed by atoms with Crippen LogP contribution in [0.2, 0.25) is 0 Å². The van der Waals surface area contributed by atoms with Gasteiger partial charge in [-0.2, -0.15) is 0 Å². The topological polar surface area (TPSA) is 54.4 Å². The van der Waals surface area contributed by atoms with E-state index in [0.29, 0.717) is 0 Å². The van der Waals surface area contributed by atoms with Gasteiger partial charge < -0.3 is 5.11 Å². The van der Waals surface area contributed by atoms with E-state index in [4.69, 9.17) is 16.7 Å². The zero-order valence-corrected chi connectivity index (χ0v) is 7.62. The summed E-state index contributed by atoms with van der Waals surface area (Å²) in [6.07, 6.45) is 3.31. The van der Waals surface area contributed by atoms with Crippen molar-refractivity contribution in [3.63, 3.8) is 0 Å². The van der Waals surface area contributed by atoms with Gasteiger partial charge in [0.2, 0.25) is 0 Å². The first-order chi connectivity index (χ1) is 6.02. The normalized spacial score (nSPS) is 13.2. The maximum atomic E-state index is 10.8. The van der Waals surface area contributed by atoms with Crippen LogP contribution in [0.25, 0.3) is 0 Å².